The molecule has 1 aromatic heterocycles. The molecule has 0 saturated carbocycles. The molecule has 0 aliphatic carbocycles. The van der Waals surface area contributed by atoms with E-state index in [0.717, 1.165) is 37.8 Å². The molecular formula is C20H31N3O2. The molecule has 5 nitrogen and oxygen atoms in total. The van der Waals surface area contributed by atoms with Gasteiger partial charge in [-0.05, 0) is 43.1 Å². The molecule has 5 heteroatoms. The van der Waals surface area contributed by atoms with Gasteiger partial charge in [0.25, 0.3) is 5.91 Å². The molecule has 0 spiro atoms. The Labute approximate surface area is 151 Å². The Bertz CT molecular complexity index is 586. The van der Waals surface area contributed by atoms with Crippen molar-refractivity contribution in [2.75, 3.05) is 32.7 Å². The van der Waals surface area contributed by atoms with Crippen LogP contribution in [0.4, 0.5) is 0 Å². The van der Waals surface area contributed by atoms with Crippen LogP contribution in [0.5, 0.6) is 0 Å². The van der Waals surface area contributed by atoms with E-state index in [1.54, 1.807) is 12.1 Å². The Morgan fingerprint density at radius 2 is 1.72 bits per heavy atom. The maximum atomic E-state index is 12.6. The van der Waals surface area contributed by atoms with Gasteiger partial charge in [-0.2, -0.15) is 4.73 Å². The SMILES string of the molecule is CC(C)(C)CN1CCC(C2CCN(C(=O)c3cc[n+]([O-])cc3)CC2)C1. The van der Waals surface area contributed by atoms with E-state index in [1.807, 2.05) is 4.90 Å². The predicted octanol–water partition coefficient (Wildman–Crippen LogP) is 2.54. The summed E-state index contributed by atoms with van der Waals surface area (Å²) in [7, 11) is 0. The molecule has 1 atom stereocenters. The summed E-state index contributed by atoms with van der Waals surface area (Å²) >= 11 is 0. The molecular weight excluding hydrogens is 314 g/mol. The quantitative estimate of drug-likeness (QED) is 0.625. The van der Waals surface area contributed by atoms with Crippen molar-refractivity contribution in [3.63, 3.8) is 0 Å². The van der Waals surface area contributed by atoms with Gasteiger partial charge in [0.05, 0.1) is 5.56 Å². The molecule has 1 amide bonds. The zero-order valence-electron chi connectivity index (χ0n) is 15.8. The molecule has 3 rings (SSSR count). The highest BCUT2D eigenvalue weighted by molar-refractivity contribution is 5.94. The van der Waals surface area contributed by atoms with Gasteiger partial charge in [-0.3, -0.25) is 4.79 Å². The van der Waals surface area contributed by atoms with Gasteiger partial charge in [0.15, 0.2) is 12.4 Å². The van der Waals surface area contributed by atoms with Gasteiger partial charge in [0.1, 0.15) is 0 Å². The van der Waals surface area contributed by atoms with Gasteiger partial charge < -0.3 is 15.0 Å². The first kappa shape index (κ1) is 18.2. The van der Waals surface area contributed by atoms with Crippen molar-refractivity contribution in [2.45, 2.75) is 40.0 Å². The maximum absolute atomic E-state index is 12.6. The van der Waals surface area contributed by atoms with Crippen molar-refractivity contribution in [2.24, 2.45) is 17.3 Å². The van der Waals surface area contributed by atoms with Crippen LogP contribution in [0.25, 0.3) is 0 Å². The van der Waals surface area contributed by atoms with E-state index in [4.69, 9.17) is 0 Å². The van der Waals surface area contributed by atoms with Crippen molar-refractivity contribution in [3.05, 3.63) is 35.3 Å². The van der Waals surface area contributed by atoms with E-state index in [0.29, 0.717) is 15.7 Å². The molecule has 2 fully saturated rings. The fourth-order valence-corrected chi connectivity index (χ4v) is 4.37. The first-order valence-corrected chi connectivity index (χ1v) is 9.52. The second-order valence-electron chi connectivity index (χ2n) is 8.92. The number of amides is 1. The Morgan fingerprint density at radius 3 is 2.32 bits per heavy atom. The van der Waals surface area contributed by atoms with Crippen LogP contribution in [0, 0.1) is 22.5 Å². The molecule has 2 aliphatic rings. The highest BCUT2D eigenvalue weighted by atomic mass is 16.5. The normalized spacial score (nSPS) is 23.2. The number of pyridine rings is 1. The molecule has 0 bridgehead atoms. The number of hydrogen-bond donors (Lipinski definition) is 0. The zero-order valence-corrected chi connectivity index (χ0v) is 15.8. The molecule has 1 unspecified atom stereocenters. The molecule has 25 heavy (non-hydrogen) atoms. The monoisotopic (exact) mass is 345 g/mol. The summed E-state index contributed by atoms with van der Waals surface area (Å²) < 4.78 is 0.715. The minimum atomic E-state index is 0.0554. The summed E-state index contributed by atoms with van der Waals surface area (Å²) in [5.41, 5.74) is 0.977. The number of nitrogens with zero attached hydrogens (tertiary/aromatic N) is 3. The Kier molecular flexibility index (Phi) is 5.32. The summed E-state index contributed by atoms with van der Waals surface area (Å²) in [4.78, 5) is 17.1. The summed E-state index contributed by atoms with van der Waals surface area (Å²) in [5.74, 6) is 1.59. The number of rotatable bonds is 3. The first-order chi connectivity index (χ1) is 11.8. The largest absolute Gasteiger partial charge is 0.619 e. The number of likely N-dealkylation sites (tertiary alicyclic amines) is 2. The van der Waals surface area contributed by atoms with E-state index in [9.17, 15) is 10.0 Å². The third kappa shape index (κ3) is 4.72. The second-order valence-corrected chi connectivity index (χ2v) is 8.92. The average molecular weight is 345 g/mol. The zero-order chi connectivity index (χ0) is 18.0. The van der Waals surface area contributed by atoms with E-state index in [1.165, 1.54) is 38.4 Å². The lowest BCUT2D eigenvalue weighted by molar-refractivity contribution is -0.605. The van der Waals surface area contributed by atoms with Crippen LogP contribution in [-0.2, 0) is 0 Å². The highest BCUT2D eigenvalue weighted by Crippen LogP contribution is 2.33. The van der Waals surface area contributed by atoms with Crippen molar-refractivity contribution in [1.29, 1.82) is 0 Å². The Morgan fingerprint density at radius 1 is 1.12 bits per heavy atom. The van der Waals surface area contributed by atoms with Crippen molar-refractivity contribution < 1.29 is 9.52 Å². The lowest BCUT2D eigenvalue weighted by Crippen LogP contribution is -2.41. The predicted molar refractivity (Wildman–Crippen MR) is 98.0 cm³/mol. The fraction of sp³-hybridized carbons (Fsp3) is 0.700. The number of carbonyl (C=O) groups is 1. The molecule has 0 N–H and O–H groups in total. The van der Waals surface area contributed by atoms with Crippen LogP contribution in [0.3, 0.4) is 0 Å². The van der Waals surface area contributed by atoms with Crippen LogP contribution in [0.1, 0.15) is 50.4 Å². The third-order valence-corrected chi connectivity index (χ3v) is 5.55. The van der Waals surface area contributed by atoms with Crippen LogP contribution in [-0.4, -0.2) is 48.4 Å². The van der Waals surface area contributed by atoms with Gasteiger partial charge in [0, 0.05) is 38.3 Å². The molecule has 2 saturated heterocycles. The van der Waals surface area contributed by atoms with Crippen molar-refractivity contribution in [1.82, 2.24) is 9.80 Å². The van der Waals surface area contributed by atoms with Gasteiger partial charge in [-0.15, -0.1) is 0 Å². The Hall–Kier alpha value is -1.62. The van der Waals surface area contributed by atoms with Crippen LogP contribution < -0.4 is 4.73 Å². The lowest BCUT2D eigenvalue weighted by Gasteiger charge is -2.35. The second kappa shape index (κ2) is 7.32. The fourth-order valence-electron chi connectivity index (χ4n) is 4.37. The van der Waals surface area contributed by atoms with Gasteiger partial charge in [0.2, 0.25) is 0 Å². The number of carbonyl (C=O) groups excluding carboxylic acids is 1. The van der Waals surface area contributed by atoms with Crippen LogP contribution in [0.2, 0.25) is 0 Å². The minimum absolute atomic E-state index is 0.0554. The highest BCUT2D eigenvalue weighted by Gasteiger charge is 2.34. The lowest BCUT2D eigenvalue weighted by atomic mass is 9.83. The number of aromatic nitrogens is 1. The van der Waals surface area contributed by atoms with Crippen molar-refractivity contribution in [3.8, 4) is 0 Å². The molecule has 3 heterocycles. The number of piperidine rings is 1. The number of hydrogen-bond acceptors (Lipinski definition) is 3. The van der Waals surface area contributed by atoms with Crippen LogP contribution >= 0.6 is 0 Å². The average Bonchev–Trinajstić information content (AvgIpc) is 3.01. The topological polar surface area (TPSA) is 50.5 Å². The van der Waals surface area contributed by atoms with Gasteiger partial charge in [-0.25, -0.2) is 0 Å². The summed E-state index contributed by atoms with van der Waals surface area (Å²) in [6.07, 6.45) is 6.30. The third-order valence-electron chi connectivity index (χ3n) is 5.55. The summed E-state index contributed by atoms with van der Waals surface area (Å²) in [6.45, 7) is 12.2. The molecule has 0 aromatic carbocycles. The Balaban J connectivity index is 1.49. The molecule has 138 valence electrons. The summed E-state index contributed by atoms with van der Waals surface area (Å²) in [5, 5.41) is 11.1. The molecule has 0 radical (unpaired) electrons. The van der Waals surface area contributed by atoms with Crippen LogP contribution in [0.15, 0.2) is 24.5 Å². The minimum Gasteiger partial charge on any atom is -0.619 e. The van der Waals surface area contributed by atoms with E-state index >= 15 is 0 Å². The maximum Gasteiger partial charge on any atom is 0.254 e. The standard InChI is InChI=1S/C20H31N3O2/c1-20(2,3)15-21-9-4-18(14-21)16-5-10-22(11-6-16)19(24)17-7-12-23(25)13-8-17/h7-8,12-13,16,18H,4-6,9-11,14-15H2,1-3H3. The molecule has 1 aromatic rings. The smallest absolute Gasteiger partial charge is 0.254 e. The van der Waals surface area contributed by atoms with E-state index < -0.39 is 0 Å². The molecule has 2 aliphatic heterocycles. The van der Waals surface area contributed by atoms with Gasteiger partial charge >= 0.3 is 0 Å². The van der Waals surface area contributed by atoms with Gasteiger partial charge in [-0.1, -0.05) is 20.8 Å². The van der Waals surface area contributed by atoms with E-state index in [2.05, 4.69) is 25.7 Å². The van der Waals surface area contributed by atoms with E-state index in [-0.39, 0.29) is 5.91 Å². The first-order valence-electron chi connectivity index (χ1n) is 9.52. The van der Waals surface area contributed by atoms with Crippen molar-refractivity contribution >= 4 is 5.91 Å². The summed E-state index contributed by atoms with van der Waals surface area (Å²) in [6, 6.07) is 3.23.